The van der Waals surface area contributed by atoms with Gasteiger partial charge in [-0.3, -0.25) is 4.79 Å². The lowest BCUT2D eigenvalue weighted by Crippen LogP contribution is -2.19. The van der Waals surface area contributed by atoms with Crippen molar-refractivity contribution in [3.05, 3.63) is 23.8 Å². The average molecular weight is 222 g/mol. The highest BCUT2D eigenvalue weighted by molar-refractivity contribution is 5.91. The molecule has 88 valence electrons. The van der Waals surface area contributed by atoms with Crippen LogP contribution in [0, 0.1) is 6.92 Å². The number of anilines is 1. The Balaban J connectivity index is 2.56. The molecule has 0 aromatic heterocycles. The van der Waals surface area contributed by atoms with Gasteiger partial charge in [-0.2, -0.15) is 0 Å². The van der Waals surface area contributed by atoms with Gasteiger partial charge in [-0.25, -0.2) is 0 Å². The van der Waals surface area contributed by atoms with Crippen molar-refractivity contribution in [1.82, 2.24) is 0 Å². The molecule has 0 aliphatic carbocycles. The topological polar surface area (TPSA) is 75.3 Å². The molecule has 1 amide bonds. The molecular formula is C12H18N2O2. The van der Waals surface area contributed by atoms with Crippen molar-refractivity contribution in [2.24, 2.45) is 5.73 Å². The zero-order valence-corrected chi connectivity index (χ0v) is 9.66. The van der Waals surface area contributed by atoms with Crippen LogP contribution in [0.15, 0.2) is 18.2 Å². The largest absolute Gasteiger partial charge is 0.508 e. The number of nitrogens with one attached hydrogen (secondary N) is 1. The summed E-state index contributed by atoms with van der Waals surface area (Å²) >= 11 is 0. The lowest BCUT2D eigenvalue weighted by atomic mass is 10.1. The molecule has 1 aromatic carbocycles. The number of benzene rings is 1. The highest BCUT2D eigenvalue weighted by Crippen LogP contribution is 2.20. The summed E-state index contributed by atoms with van der Waals surface area (Å²) in [6.45, 7) is 3.71. The van der Waals surface area contributed by atoms with E-state index < -0.39 is 0 Å². The van der Waals surface area contributed by atoms with Crippen LogP contribution in [0.2, 0.25) is 0 Å². The lowest BCUT2D eigenvalue weighted by Gasteiger charge is -2.09. The zero-order valence-electron chi connectivity index (χ0n) is 9.66. The van der Waals surface area contributed by atoms with Crippen LogP contribution in [0.25, 0.3) is 0 Å². The number of hydrogen-bond acceptors (Lipinski definition) is 3. The molecule has 0 saturated carbocycles. The van der Waals surface area contributed by atoms with Crippen molar-refractivity contribution < 1.29 is 9.90 Å². The number of carbonyl (C=O) groups is 1. The first-order valence-electron chi connectivity index (χ1n) is 5.34. The number of amides is 1. The Labute approximate surface area is 95.5 Å². The maximum Gasteiger partial charge on any atom is 0.224 e. The van der Waals surface area contributed by atoms with Crippen molar-refractivity contribution in [2.75, 3.05) is 5.32 Å². The number of nitrogens with two attached hydrogens (primary N) is 1. The molecule has 0 radical (unpaired) electrons. The van der Waals surface area contributed by atoms with Crippen LogP contribution < -0.4 is 11.1 Å². The van der Waals surface area contributed by atoms with Crippen molar-refractivity contribution in [2.45, 2.75) is 32.7 Å². The summed E-state index contributed by atoms with van der Waals surface area (Å²) in [7, 11) is 0. The summed E-state index contributed by atoms with van der Waals surface area (Å²) in [6.07, 6.45) is 1.08. The van der Waals surface area contributed by atoms with Crippen LogP contribution >= 0.6 is 0 Å². The Morgan fingerprint density at radius 1 is 1.56 bits per heavy atom. The number of aryl methyl sites for hydroxylation is 1. The first kappa shape index (κ1) is 12.5. The third kappa shape index (κ3) is 3.90. The summed E-state index contributed by atoms with van der Waals surface area (Å²) in [5.74, 6) is 0.150. The van der Waals surface area contributed by atoms with Gasteiger partial charge in [-0.1, -0.05) is 0 Å². The third-order valence-corrected chi connectivity index (χ3v) is 2.31. The summed E-state index contributed by atoms with van der Waals surface area (Å²) < 4.78 is 0. The molecule has 0 aliphatic heterocycles. The van der Waals surface area contributed by atoms with Gasteiger partial charge in [0.25, 0.3) is 0 Å². The Bertz CT molecular complexity index is 375. The molecule has 1 rings (SSSR count). The van der Waals surface area contributed by atoms with E-state index in [1.54, 1.807) is 18.2 Å². The first-order chi connectivity index (χ1) is 7.49. The Morgan fingerprint density at radius 3 is 2.81 bits per heavy atom. The van der Waals surface area contributed by atoms with Crippen molar-refractivity contribution in [3.63, 3.8) is 0 Å². The summed E-state index contributed by atoms with van der Waals surface area (Å²) in [6, 6.07) is 4.88. The number of rotatable bonds is 4. The number of aromatic hydroxyl groups is 1. The predicted molar refractivity (Wildman–Crippen MR) is 64.4 cm³/mol. The molecule has 0 fully saturated rings. The van der Waals surface area contributed by atoms with Crippen molar-refractivity contribution in [3.8, 4) is 5.75 Å². The van der Waals surface area contributed by atoms with E-state index in [9.17, 15) is 9.90 Å². The summed E-state index contributed by atoms with van der Waals surface area (Å²) in [5, 5.41) is 12.0. The minimum Gasteiger partial charge on any atom is -0.508 e. The Hall–Kier alpha value is -1.55. The number of carbonyl (C=O) groups excluding carboxylic acids is 1. The van der Waals surface area contributed by atoms with E-state index in [0.29, 0.717) is 12.8 Å². The number of phenolic OH excluding ortho intramolecular Hbond substituents is 1. The lowest BCUT2D eigenvalue weighted by molar-refractivity contribution is -0.116. The Kier molecular flexibility index (Phi) is 4.31. The van der Waals surface area contributed by atoms with Crippen molar-refractivity contribution >= 4 is 11.6 Å². The van der Waals surface area contributed by atoms with E-state index >= 15 is 0 Å². The zero-order chi connectivity index (χ0) is 12.1. The molecule has 4 N–H and O–H groups in total. The van der Waals surface area contributed by atoms with Gasteiger partial charge in [0.15, 0.2) is 0 Å². The molecule has 16 heavy (non-hydrogen) atoms. The monoisotopic (exact) mass is 222 g/mol. The maximum atomic E-state index is 11.5. The molecule has 0 aliphatic rings. The molecule has 4 heteroatoms. The molecule has 1 unspecified atom stereocenters. The standard InChI is InChI=1S/C12H18N2O2/c1-8-7-10(15)4-5-11(8)14-12(16)6-3-9(2)13/h4-5,7,9,15H,3,6,13H2,1-2H3,(H,14,16). The van der Waals surface area contributed by atoms with E-state index in [-0.39, 0.29) is 17.7 Å². The van der Waals surface area contributed by atoms with E-state index in [1.165, 1.54) is 0 Å². The Morgan fingerprint density at radius 2 is 2.25 bits per heavy atom. The summed E-state index contributed by atoms with van der Waals surface area (Å²) in [4.78, 5) is 11.5. The predicted octanol–water partition coefficient (Wildman–Crippen LogP) is 1.77. The molecule has 0 spiro atoms. The normalized spacial score (nSPS) is 12.2. The van der Waals surface area contributed by atoms with E-state index in [1.807, 2.05) is 13.8 Å². The highest BCUT2D eigenvalue weighted by Gasteiger charge is 2.06. The second kappa shape index (κ2) is 5.51. The second-order valence-corrected chi connectivity index (χ2v) is 4.06. The summed E-state index contributed by atoms with van der Waals surface area (Å²) in [5.41, 5.74) is 7.14. The van der Waals surface area contributed by atoms with Crippen molar-refractivity contribution in [1.29, 1.82) is 0 Å². The van der Waals surface area contributed by atoms with Gasteiger partial charge in [0.1, 0.15) is 5.75 Å². The smallest absolute Gasteiger partial charge is 0.224 e. The molecule has 0 bridgehead atoms. The third-order valence-electron chi connectivity index (χ3n) is 2.31. The fraction of sp³-hybridized carbons (Fsp3) is 0.417. The second-order valence-electron chi connectivity index (χ2n) is 4.06. The van der Waals surface area contributed by atoms with Gasteiger partial charge in [0.05, 0.1) is 0 Å². The number of hydrogen-bond donors (Lipinski definition) is 3. The molecule has 0 saturated heterocycles. The maximum absolute atomic E-state index is 11.5. The van der Waals surface area contributed by atoms with Gasteiger partial charge in [0, 0.05) is 18.2 Å². The highest BCUT2D eigenvalue weighted by atomic mass is 16.3. The molecular weight excluding hydrogens is 204 g/mol. The van der Waals surface area contributed by atoms with Gasteiger partial charge >= 0.3 is 0 Å². The average Bonchev–Trinajstić information content (AvgIpc) is 2.19. The van der Waals surface area contributed by atoms with Gasteiger partial charge < -0.3 is 16.2 Å². The van der Waals surface area contributed by atoms with E-state index in [2.05, 4.69) is 5.32 Å². The first-order valence-corrected chi connectivity index (χ1v) is 5.34. The minimum atomic E-state index is -0.0499. The van der Waals surface area contributed by atoms with Gasteiger partial charge in [-0.05, 0) is 44.0 Å². The molecule has 1 atom stereocenters. The molecule has 1 aromatic rings. The molecule has 4 nitrogen and oxygen atoms in total. The van der Waals surface area contributed by atoms with Crippen LogP contribution in [-0.2, 0) is 4.79 Å². The minimum absolute atomic E-state index is 0.0339. The van der Waals surface area contributed by atoms with Gasteiger partial charge in [0.2, 0.25) is 5.91 Å². The number of phenols is 1. The quantitative estimate of drug-likeness (QED) is 0.679. The fourth-order valence-corrected chi connectivity index (χ4v) is 1.36. The van der Waals surface area contributed by atoms with Crippen LogP contribution in [-0.4, -0.2) is 17.1 Å². The van der Waals surface area contributed by atoms with E-state index in [4.69, 9.17) is 5.73 Å². The van der Waals surface area contributed by atoms with Gasteiger partial charge in [-0.15, -0.1) is 0 Å². The van der Waals surface area contributed by atoms with Crippen LogP contribution in [0.4, 0.5) is 5.69 Å². The van der Waals surface area contributed by atoms with E-state index in [0.717, 1.165) is 11.3 Å². The van der Waals surface area contributed by atoms with Crippen LogP contribution in [0.3, 0.4) is 0 Å². The van der Waals surface area contributed by atoms with Crippen LogP contribution in [0.1, 0.15) is 25.3 Å². The SMILES string of the molecule is Cc1cc(O)ccc1NC(=O)CCC(C)N. The van der Waals surface area contributed by atoms with Crippen LogP contribution in [0.5, 0.6) is 5.75 Å². The molecule has 0 heterocycles. The fourth-order valence-electron chi connectivity index (χ4n) is 1.36.